The van der Waals surface area contributed by atoms with Gasteiger partial charge in [-0.05, 0) is 74.4 Å². The highest BCUT2D eigenvalue weighted by Gasteiger charge is 2.39. The van der Waals surface area contributed by atoms with E-state index < -0.39 is 0 Å². The summed E-state index contributed by atoms with van der Waals surface area (Å²) in [6, 6.07) is 14.5. The van der Waals surface area contributed by atoms with Crippen molar-refractivity contribution in [3.8, 4) is 23.0 Å². The van der Waals surface area contributed by atoms with Crippen LogP contribution in [0.25, 0.3) is 11.5 Å². The molecule has 1 aliphatic carbocycles. The molecule has 1 unspecified atom stereocenters. The molecule has 1 aliphatic rings. The van der Waals surface area contributed by atoms with Crippen molar-refractivity contribution in [2.75, 3.05) is 7.11 Å². The van der Waals surface area contributed by atoms with Crippen LogP contribution in [-0.4, -0.2) is 34.6 Å². The zero-order valence-electron chi connectivity index (χ0n) is 18.4. The average molecular weight is 423 g/mol. The fourth-order valence-electron chi connectivity index (χ4n) is 4.46. The van der Waals surface area contributed by atoms with Crippen molar-refractivity contribution in [3.63, 3.8) is 0 Å². The van der Waals surface area contributed by atoms with Gasteiger partial charge in [0.25, 0.3) is 5.89 Å². The topological polar surface area (TPSA) is 77.6 Å². The van der Waals surface area contributed by atoms with Gasteiger partial charge in [-0.15, -0.1) is 0 Å². The van der Waals surface area contributed by atoms with E-state index in [1.165, 1.54) is 17.5 Å². The Kier molecular flexibility index (Phi) is 6.28. The second-order valence-corrected chi connectivity index (χ2v) is 8.34. The molecule has 1 aromatic heterocycles. The summed E-state index contributed by atoms with van der Waals surface area (Å²) in [5, 5.41) is 14.0. The molecule has 1 atom stereocenters. The molecule has 3 aromatic rings. The van der Waals surface area contributed by atoms with Crippen LogP contribution in [-0.2, 0) is 5.41 Å². The molecule has 0 saturated heterocycles. The lowest BCUT2D eigenvalue weighted by Gasteiger charge is -2.40. The lowest BCUT2D eigenvalue weighted by atomic mass is 9.64. The van der Waals surface area contributed by atoms with Gasteiger partial charge < -0.3 is 19.1 Å². The van der Waals surface area contributed by atoms with Gasteiger partial charge in [-0.1, -0.05) is 30.3 Å². The van der Waals surface area contributed by atoms with Crippen molar-refractivity contribution >= 4 is 0 Å². The molecule has 1 fully saturated rings. The molecule has 0 bridgehead atoms. The molecule has 6 nitrogen and oxygen atoms in total. The summed E-state index contributed by atoms with van der Waals surface area (Å²) >= 11 is 0. The molecule has 0 aliphatic heterocycles. The van der Waals surface area contributed by atoms with Crippen molar-refractivity contribution in [3.05, 3.63) is 59.9 Å². The zero-order chi connectivity index (χ0) is 21.8. The summed E-state index contributed by atoms with van der Waals surface area (Å²) in [6.07, 6.45) is 5.34. The lowest BCUT2D eigenvalue weighted by Crippen LogP contribution is -2.35. The molecular weight excluding hydrogens is 392 g/mol. The van der Waals surface area contributed by atoms with Crippen molar-refractivity contribution in [1.29, 1.82) is 0 Å². The number of hydrogen-bond acceptors (Lipinski definition) is 6. The fourth-order valence-corrected chi connectivity index (χ4v) is 4.46. The van der Waals surface area contributed by atoms with Crippen molar-refractivity contribution in [2.24, 2.45) is 0 Å². The summed E-state index contributed by atoms with van der Waals surface area (Å²) in [6.45, 7) is 4.17. The van der Waals surface area contributed by atoms with Crippen LogP contribution in [0.3, 0.4) is 0 Å². The molecule has 31 heavy (non-hydrogen) atoms. The van der Waals surface area contributed by atoms with E-state index in [-0.39, 0.29) is 17.6 Å². The third kappa shape index (κ3) is 4.30. The minimum Gasteiger partial charge on any atom is -0.493 e. The van der Waals surface area contributed by atoms with E-state index >= 15 is 0 Å². The maximum Gasteiger partial charge on any atom is 0.257 e. The Morgan fingerprint density at radius 3 is 2.58 bits per heavy atom. The quantitative estimate of drug-likeness (QED) is 0.568. The van der Waals surface area contributed by atoms with Crippen LogP contribution >= 0.6 is 0 Å². The van der Waals surface area contributed by atoms with E-state index in [4.69, 9.17) is 14.0 Å². The number of aliphatic hydroxyl groups is 1. The van der Waals surface area contributed by atoms with E-state index in [0.29, 0.717) is 5.89 Å². The van der Waals surface area contributed by atoms with Crippen LogP contribution in [0.5, 0.6) is 11.5 Å². The smallest absolute Gasteiger partial charge is 0.257 e. The second kappa shape index (κ2) is 9.10. The molecule has 2 aromatic carbocycles. The van der Waals surface area contributed by atoms with Gasteiger partial charge in [0.1, 0.15) is 0 Å². The normalized spacial score (nSPS) is 22.1. The average Bonchev–Trinajstić information content (AvgIpc) is 3.35. The first kappa shape index (κ1) is 21.4. The van der Waals surface area contributed by atoms with E-state index in [1.807, 2.05) is 18.2 Å². The molecule has 1 saturated carbocycles. The summed E-state index contributed by atoms with van der Waals surface area (Å²) in [5.41, 5.74) is 3.00. The Labute approximate surface area is 183 Å². The largest absolute Gasteiger partial charge is 0.493 e. The Hall–Kier alpha value is -2.86. The first-order valence-corrected chi connectivity index (χ1v) is 11.0. The summed E-state index contributed by atoms with van der Waals surface area (Å²) in [7, 11) is 1.67. The van der Waals surface area contributed by atoms with Gasteiger partial charge in [-0.3, -0.25) is 0 Å². The van der Waals surface area contributed by atoms with Crippen LogP contribution in [0.2, 0.25) is 0 Å². The number of nitrogens with zero attached hydrogens (tertiary/aromatic N) is 2. The zero-order valence-corrected chi connectivity index (χ0v) is 18.4. The molecular formula is C25H30N2O4. The fraction of sp³-hybridized carbons (Fsp3) is 0.440. The van der Waals surface area contributed by atoms with Gasteiger partial charge >= 0.3 is 0 Å². The third-order valence-electron chi connectivity index (χ3n) is 6.45. The molecule has 0 spiro atoms. The van der Waals surface area contributed by atoms with Gasteiger partial charge in [0, 0.05) is 11.0 Å². The SMILES string of the molecule is CCC(C)Oc1cc([C@]2(c3cccc(-c4ncno4)c3)CC[C@H](O)CC2)ccc1OC. The van der Waals surface area contributed by atoms with Gasteiger partial charge in [0.15, 0.2) is 17.8 Å². The highest BCUT2D eigenvalue weighted by molar-refractivity contribution is 5.57. The molecule has 0 amide bonds. The molecule has 0 radical (unpaired) electrons. The Morgan fingerprint density at radius 1 is 1.13 bits per heavy atom. The Balaban J connectivity index is 1.81. The number of benzene rings is 2. The number of hydrogen-bond donors (Lipinski definition) is 1. The lowest BCUT2D eigenvalue weighted by molar-refractivity contribution is 0.106. The number of aliphatic hydroxyl groups excluding tert-OH is 1. The van der Waals surface area contributed by atoms with Crippen molar-refractivity contribution in [1.82, 2.24) is 10.1 Å². The predicted molar refractivity (Wildman–Crippen MR) is 118 cm³/mol. The van der Waals surface area contributed by atoms with Gasteiger partial charge in [-0.25, -0.2) is 0 Å². The van der Waals surface area contributed by atoms with E-state index in [0.717, 1.165) is 49.2 Å². The second-order valence-electron chi connectivity index (χ2n) is 8.34. The predicted octanol–water partition coefficient (Wildman–Crippen LogP) is 5.14. The highest BCUT2D eigenvalue weighted by Crippen LogP contribution is 2.47. The van der Waals surface area contributed by atoms with Crippen LogP contribution in [0.15, 0.2) is 53.3 Å². The maximum atomic E-state index is 10.2. The van der Waals surface area contributed by atoms with E-state index in [9.17, 15) is 5.11 Å². The van der Waals surface area contributed by atoms with E-state index in [2.05, 4.69) is 48.3 Å². The molecule has 4 rings (SSSR count). The highest BCUT2D eigenvalue weighted by atomic mass is 16.5. The third-order valence-corrected chi connectivity index (χ3v) is 6.45. The summed E-state index contributed by atoms with van der Waals surface area (Å²) < 4.78 is 17.0. The Morgan fingerprint density at radius 2 is 1.90 bits per heavy atom. The van der Waals surface area contributed by atoms with Crippen LogP contribution in [0, 0.1) is 0 Å². The van der Waals surface area contributed by atoms with Crippen molar-refractivity contribution < 1.29 is 19.1 Å². The molecule has 164 valence electrons. The van der Waals surface area contributed by atoms with Crippen LogP contribution in [0.4, 0.5) is 0 Å². The Bertz CT molecular complexity index is 995. The molecule has 6 heteroatoms. The first-order chi connectivity index (χ1) is 15.1. The van der Waals surface area contributed by atoms with Crippen LogP contribution in [0.1, 0.15) is 57.1 Å². The number of ether oxygens (including phenoxy) is 2. The molecule has 1 N–H and O–H groups in total. The maximum absolute atomic E-state index is 10.2. The summed E-state index contributed by atoms with van der Waals surface area (Å²) in [4.78, 5) is 4.20. The summed E-state index contributed by atoms with van der Waals surface area (Å²) in [5.74, 6) is 1.99. The number of rotatable bonds is 7. The minimum atomic E-state index is -0.263. The monoisotopic (exact) mass is 422 g/mol. The van der Waals surface area contributed by atoms with Gasteiger partial charge in [0.2, 0.25) is 0 Å². The standard InChI is InChI=1S/C25H30N2O4/c1-4-17(2)30-23-15-20(8-9-22(23)29-3)25(12-10-21(28)11-13-25)19-7-5-6-18(14-19)24-26-16-27-31-24/h5-9,14-17,21,28H,4,10-13H2,1-3H3/t17?,21-,25+. The van der Waals surface area contributed by atoms with Gasteiger partial charge in [0.05, 0.1) is 19.3 Å². The molecule has 1 heterocycles. The first-order valence-electron chi connectivity index (χ1n) is 11.0. The van der Waals surface area contributed by atoms with Crippen molar-refractivity contribution in [2.45, 2.75) is 63.6 Å². The number of methoxy groups -OCH3 is 1. The number of aromatic nitrogens is 2. The van der Waals surface area contributed by atoms with Gasteiger partial charge in [-0.2, -0.15) is 4.98 Å². The minimum absolute atomic E-state index is 0.0918. The van der Waals surface area contributed by atoms with Crippen LogP contribution < -0.4 is 9.47 Å². The van der Waals surface area contributed by atoms with E-state index in [1.54, 1.807) is 7.11 Å².